The van der Waals surface area contributed by atoms with Crippen molar-refractivity contribution in [3.8, 4) is 0 Å². The summed E-state index contributed by atoms with van der Waals surface area (Å²) in [6.07, 6.45) is 2.22. The van der Waals surface area contributed by atoms with Gasteiger partial charge in [-0.05, 0) is 17.5 Å². The van der Waals surface area contributed by atoms with E-state index < -0.39 is 0 Å². The molecule has 1 aliphatic heterocycles. The fourth-order valence-electron chi connectivity index (χ4n) is 2.98. The van der Waals surface area contributed by atoms with Gasteiger partial charge in [-0.25, -0.2) is 9.97 Å². The van der Waals surface area contributed by atoms with Gasteiger partial charge in [0, 0.05) is 38.0 Å². The molecule has 23 heavy (non-hydrogen) atoms. The third-order valence-corrected chi connectivity index (χ3v) is 4.14. The zero-order valence-electron chi connectivity index (χ0n) is 14.1. The zero-order valence-corrected chi connectivity index (χ0v) is 14.1. The fourth-order valence-corrected chi connectivity index (χ4v) is 2.98. The minimum Gasteiger partial charge on any atom is -0.352 e. The van der Waals surface area contributed by atoms with Gasteiger partial charge in [-0.3, -0.25) is 4.79 Å². The standard InChI is InChI=1S/C18H24N4O/c1-18(2,3)12-16(23)21-8-10-22(11-9-21)17-14-6-4-5-7-15(14)19-13-20-17/h4-7,13H,8-12H2,1-3H3. The van der Waals surface area contributed by atoms with E-state index in [9.17, 15) is 4.79 Å². The highest BCUT2D eigenvalue weighted by Gasteiger charge is 2.25. The number of piperazine rings is 1. The van der Waals surface area contributed by atoms with Crippen molar-refractivity contribution in [1.82, 2.24) is 14.9 Å². The van der Waals surface area contributed by atoms with Crippen LogP contribution in [0.25, 0.3) is 10.9 Å². The highest BCUT2D eigenvalue weighted by molar-refractivity contribution is 5.89. The van der Waals surface area contributed by atoms with E-state index >= 15 is 0 Å². The third-order valence-electron chi connectivity index (χ3n) is 4.14. The van der Waals surface area contributed by atoms with Crippen LogP contribution in [0.3, 0.4) is 0 Å². The molecule has 3 rings (SSSR count). The van der Waals surface area contributed by atoms with Crippen LogP contribution in [0.4, 0.5) is 5.82 Å². The lowest BCUT2D eigenvalue weighted by Crippen LogP contribution is -2.49. The highest BCUT2D eigenvalue weighted by Crippen LogP contribution is 2.24. The number of aromatic nitrogens is 2. The van der Waals surface area contributed by atoms with E-state index in [-0.39, 0.29) is 11.3 Å². The van der Waals surface area contributed by atoms with Gasteiger partial charge in [0.05, 0.1) is 5.52 Å². The van der Waals surface area contributed by atoms with E-state index in [1.54, 1.807) is 6.33 Å². The zero-order chi connectivity index (χ0) is 16.4. The largest absolute Gasteiger partial charge is 0.352 e. The van der Waals surface area contributed by atoms with Gasteiger partial charge >= 0.3 is 0 Å². The molecule has 0 radical (unpaired) electrons. The average molecular weight is 312 g/mol. The molecule has 1 fully saturated rings. The first-order chi connectivity index (χ1) is 10.9. The van der Waals surface area contributed by atoms with Gasteiger partial charge in [-0.15, -0.1) is 0 Å². The number of carbonyl (C=O) groups is 1. The number of anilines is 1. The smallest absolute Gasteiger partial charge is 0.223 e. The number of fused-ring (bicyclic) bond motifs is 1. The van der Waals surface area contributed by atoms with Crippen molar-refractivity contribution in [2.75, 3.05) is 31.1 Å². The topological polar surface area (TPSA) is 49.3 Å². The number of carbonyl (C=O) groups excluding carboxylic acids is 1. The summed E-state index contributed by atoms with van der Waals surface area (Å²) in [5, 5.41) is 1.07. The molecule has 0 atom stereocenters. The molecule has 0 aliphatic carbocycles. The number of para-hydroxylation sites is 1. The molecule has 1 amide bonds. The number of benzene rings is 1. The van der Waals surface area contributed by atoms with Crippen LogP contribution in [0.1, 0.15) is 27.2 Å². The Balaban J connectivity index is 1.70. The van der Waals surface area contributed by atoms with Gasteiger partial charge < -0.3 is 9.80 Å². The maximum absolute atomic E-state index is 12.4. The first kappa shape index (κ1) is 15.7. The molecule has 0 unspecified atom stereocenters. The minimum absolute atomic E-state index is 0.0388. The van der Waals surface area contributed by atoms with Crippen LogP contribution in [0, 0.1) is 5.41 Å². The van der Waals surface area contributed by atoms with E-state index in [4.69, 9.17) is 0 Å². The summed E-state index contributed by atoms with van der Waals surface area (Å²) in [5.74, 6) is 1.23. The number of hydrogen-bond acceptors (Lipinski definition) is 4. The van der Waals surface area contributed by atoms with Gasteiger partial charge in [-0.2, -0.15) is 0 Å². The molecular weight excluding hydrogens is 288 g/mol. The van der Waals surface area contributed by atoms with Gasteiger partial charge in [0.15, 0.2) is 0 Å². The van der Waals surface area contributed by atoms with Gasteiger partial charge in [0.2, 0.25) is 5.91 Å². The molecule has 1 aliphatic rings. The van der Waals surface area contributed by atoms with Crippen LogP contribution in [-0.2, 0) is 4.79 Å². The number of nitrogens with zero attached hydrogens (tertiary/aromatic N) is 4. The molecule has 0 spiro atoms. The summed E-state index contributed by atoms with van der Waals surface area (Å²) in [6, 6.07) is 8.06. The Kier molecular flexibility index (Phi) is 4.20. The molecule has 0 N–H and O–H groups in total. The van der Waals surface area contributed by atoms with Crippen molar-refractivity contribution in [3.63, 3.8) is 0 Å². The summed E-state index contributed by atoms with van der Waals surface area (Å²) in [5.41, 5.74) is 1.00. The Morgan fingerprint density at radius 2 is 1.78 bits per heavy atom. The molecule has 122 valence electrons. The van der Waals surface area contributed by atoms with Crippen molar-refractivity contribution in [3.05, 3.63) is 30.6 Å². The van der Waals surface area contributed by atoms with Crippen LogP contribution >= 0.6 is 0 Å². The van der Waals surface area contributed by atoms with Crippen molar-refractivity contribution >= 4 is 22.6 Å². The molecule has 2 aromatic rings. The summed E-state index contributed by atoms with van der Waals surface area (Å²) in [7, 11) is 0. The van der Waals surface area contributed by atoms with Crippen LogP contribution in [-0.4, -0.2) is 47.0 Å². The maximum Gasteiger partial charge on any atom is 0.223 e. The first-order valence-electron chi connectivity index (χ1n) is 8.16. The maximum atomic E-state index is 12.4. The predicted molar refractivity (Wildman–Crippen MR) is 92.4 cm³/mol. The molecule has 5 nitrogen and oxygen atoms in total. The van der Waals surface area contributed by atoms with Crippen molar-refractivity contribution in [2.45, 2.75) is 27.2 Å². The lowest BCUT2D eigenvalue weighted by atomic mass is 9.91. The van der Waals surface area contributed by atoms with Gasteiger partial charge in [-0.1, -0.05) is 32.9 Å². The second-order valence-electron chi connectivity index (χ2n) is 7.32. The Labute approximate surface area is 137 Å². The molecule has 1 aromatic heterocycles. The molecular formula is C18H24N4O. The number of hydrogen-bond donors (Lipinski definition) is 0. The predicted octanol–water partition coefficient (Wildman–Crippen LogP) is 2.71. The number of amides is 1. The Morgan fingerprint density at radius 3 is 2.48 bits per heavy atom. The van der Waals surface area contributed by atoms with Crippen LogP contribution in [0.2, 0.25) is 0 Å². The van der Waals surface area contributed by atoms with E-state index in [0.29, 0.717) is 6.42 Å². The molecule has 2 heterocycles. The van der Waals surface area contributed by atoms with Crippen molar-refractivity contribution in [1.29, 1.82) is 0 Å². The molecule has 0 bridgehead atoms. The first-order valence-corrected chi connectivity index (χ1v) is 8.16. The van der Waals surface area contributed by atoms with Gasteiger partial charge in [0.1, 0.15) is 12.1 Å². The molecule has 5 heteroatoms. The highest BCUT2D eigenvalue weighted by atomic mass is 16.2. The quantitative estimate of drug-likeness (QED) is 0.855. The second kappa shape index (κ2) is 6.14. The van der Waals surface area contributed by atoms with Crippen LogP contribution in [0.5, 0.6) is 0 Å². The monoisotopic (exact) mass is 312 g/mol. The SMILES string of the molecule is CC(C)(C)CC(=O)N1CCN(c2ncnc3ccccc23)CC1. The minimum atomic E-state index is 0.0388. The summed E-state index contributed by atoms with van der Waals surface area (Å²) < 4.78 is 0. The third kappa shape index (κ3) is 3.60. The Hall–Kier alpha value is -2.17. The second-order valence-corrected chi connectivity index (χ2v) is 7.32. The lowest BCUT2D eigenvalue weighted by molar-refractivity contribution is -0.133. The van der Waals surface area contributed by atoms with Crippen molar-refractivity contribution in [2.24, 2.45) is 5.41 Å². The summed E-state index contributed by atoms with van der Waals surface area (Å²) in [4.78, 5) is 25.4. The Bertz CT molecular complexity index is 694. The molecule has 0 saturated carbocycles. The van der Waals surface area contributed by atoms with Crippen LogP contribution < -0.4 is 4.90 Å². The van der Waals surface area contributed by atoms with Crippen LogP contribution in [0.15, 0.2) is 30.6 Å². The van der Waals surface area contributed by atoms with E-state index in [0.717, 1.165) is 42.9 Å². The fraction of sp³-hybridized carbons (Fsp3) is 0.500. The number of rotatable bonds is 2. The van der Waals surface area contributed by atoms with E-state index in [2.05, 4.69) is 41.7 Å². The average Bonchev–Trinajstić information content (AvgIpc) is 2.53. The summed E-state index contributed by atoms with van der Waals surface area (Å²) >= 11 is 0. The molecule has 1 saturated heterocycles. The van der Waals surface area contributed by atoms with Gasteiger partial charge in [0.25, 0.3) is 0 Å². The Morgan fingerprint density at radius 1 is 1.09 bits per heavy atom. The van der Waals surface area contributed by atoms with E-state index in [1.165, 1.54) is 0 Å². The van der Waals surface area contributed by atoms with Crippen molar-refractivity contribution < 1.29 is 4.79 Å². The normalized spacial score (nSPS) is 16.0. The lowest BCUT2D eigenvalue weighted by Gasteiger charge is -2.36. The van der Waals surface area contributed by atoms with E-state index in [1.807, 2.05) is 23.1 Å². The summed E-state index contributed by atoms with van der Waals surface area (Å²) in [6.45, 7) is 9.46. The molecule has 1 aromatic carbocycles.